The first-order valence-electron chi connectivity index (χ1n) is 8.29. The Labute approximate surface area is 151 Å². The Hall–Kier alpha value is -2.39. The van der Waals surface area contributed by atoms with Crippen LogP contribution in [0.15, 0.2) is 84.9 Å². The summed E-state index contributed by atoms with van der Waals surface area (Å²) in [5.74, 6) is 5.99. The van der Waals surface area contributed by atoms with Crippen molar-refractivity contribution in [3.05, 3.63) is 90.5 Å². The van der Waals surface area contributed by atoms with Gasteiger partial charge >= 0.3 is 0 Å². The minimum absolute atomic E-state index is 0.631. The molecular weight excluding hydrogens is 323 g/mol. The molecule has 0 saturated carbocycles. The summed E-state index contributed by atoms with van der Waals surface area (Å²) in [7, 11) is -0.631. The van der Waals surface area contributed by atoms with Crippen LogP contribution in [-0.2, 0) is 0 Å². The third-order valence-electron chi connectivity index (χ3n) is 3.65. The average Bonchev–Trinajstić information content (AvgIpc) is 2.62. The predicted octanol–water partition coefficient (Wildman–Crippen LogP) is 3.57. The van der Waals surface area contributed by atoms with E-state index < -0.39 is 13.5 Å². The highest BCUT2D eigenvalue weighted by atomic mass is 31.1. The van der Waals surface area contributed by atoms with Crippen molar-refractivity contribution in [1.29, 1.82) is 0 Å². The molecule has 124 valence electrons. The van der Waals surface area contributed by atoms with Crippen molar-refractivity contribution in [2.75, 3.05) is 0 Å². The normalized spacial score (nSPS) is 11.0. The molecule has 3 rings (SSSR count). The molecule has 0 aliphatic rings. The van der Waals surface area contributed by atoms with E-state index >= 15 is 0 Å². The summed E-state index contributed by atoms with van der Waals surface area (Å²) in [5, 5.41) is 13.7. The van der Waals surface area contributed by atoms with E-state index in [9.17, 15) is 5.11 Å². The van der Waals surface area contributed by atoms with Crippen LogP contribution in [0.4, 0.5) is 0 Å². The van der Waals surface area contributed by atoms with Crippen LogP contribution in [0.5, 0.6) is 0 Å². The zero-order chi connectivity index (χ0) is 17.7. The first-order valence-corrected chi connectivity index (χ1v) is 9.63. The number of hydrogen-bond acceptors (Lipinski definition) is 1. The van der Waals surface area contributed by atoms with Gasteiger partial charge in [-0.1, -0.05) is 84.6 Å². The summed E-state index contributed by atoms with van der Waals surface area (Å²) in [6.07, 6.45) is 0. The highest BCUT2D eigenvalue weighted by Gasteiger charge is 2.16. The van der Waals surface area contributed by atoms with Gasteiger partial charge in [0.25, 0.3) is 0 Å². The molecule has 3 aromatic rings. The van der Waals surface area contributed by atoms with Crippen molar-refractivity contribution in [1.82, 2.24) is 0 Å². The second-order valence-electron chi connectivity index (χ2n) is 6.37. The molecule has 0 amide bonds. The fourth-order valence-corrected chi connectivity index (χ4v) is 4.89. The Bertz CT molecular complexity index is 844. The van der Waals surface area contributed by atoms with Gasteiger partial charge in [0.15, 0.2) is 0 Å². The Morgan fingerprint density at radius 3 is 1.76 bits per heavy atom. The lowest BCUT2D eigenvalue weighted by Crippen LogP contribution is -2.20. The minimum atomic E-state index is -0.987. The maximum absolute atomic E-state index is 9.84. The molecular formula is C23H21OP. The zero-order valence-electron chi connectivity index (χ0n) is 14.5. The molecule has 0 unspecified atom stereocenters. The van der Waals surface area contributed by atoms with Gasteiger partial charge < -0.3 is 5.11 Å². The minimum Gasteiger partial charge on any atom is -0.378 e. The van der Waals surface area contributed by atoms with E-state index in [4.69, 9.17) is 0 Å². The molecule has 3 aromatic carbocycles. The first kappa shape index (κ1) is 17.4. The lowest BCUT2D eigenvalue weighted by Gasteiger charge is -2.19. The van der Waals surface area contributed by atoms with E-state index in [2.05, 4.69) is 72.5 Å². The Morgan fingerprint density at radius 1 is 0.720 bits per heavy atom. The number of hydrogen-bond donors (Lipinski definition) is 1. The highest BCUT2D eigenvalue weighted by Crippen LogP contribution is 2.32. The molecule has 0 heterocycles. The zero-order valence-corrected chi connectivity index (χ0v) is 15.4. The van der Waals surface area contributed by atoms with Gasteiger partial charge in [-0.2, -0.15) is 0 Å². The van der Waals surface area contributed by atoms with Gasteiger partial charge in [0, 0.05) is 5.56 Å². The van der Waals surface area contributed by atoms with Gasteiger partial charge in [-0.25, -0.2) is 0 Å². The van der Waals surface area contributed by atoms with Crippen molar-refractivity contribution in [3.8, 4) is 11.8 Å². The van der Waals surface area contributed by atoms with Crippen molar-refractivity contribution in [3.63, 3.8) is 0 Å². The number of aliphatic hydroxyl groups is 1. The van der Waals surface area contributed by atoms with Crippen molar-refractivity contribution in [2.45, 2.75) is 19.4 Å². The fourth-order valence-electron chi connectivity index (χ4n) is 2.55. The quantitative estimate of drug-likeness (QED) is 0.569. The lowest BCUT2D eigenvalue weighted by molar-refractivity contribution is 0.143. The van der Waals surface area contributed by atoms with E-state index in [0.717, 1.165) is 5.56 Å². The molecule has 0 atom stereocenters. The molecule has 0 bridgehead atoms. The third-order valence-corrected chi connectivity index (χ3v) is 6.07. The maximum atomic E-state index is 9.84. The van der Waals surface area contributed by atoms with Gasteiger partial charge in [0.05, 0.1) is 0 Å². The Balaban J connectivity index is 2.07. The number of benzene rings is 3. The van der Waals surface area contributed by atoms with Gasteiger partial charge in [-0.05, 0) is 49.8 Å². The van der Waals surface area contributed by atoms with Crippen LogP contribution in [0.2, 0.25) is 0 Å². The summed E-state index contributed by atoms with van der Waals surface area (Å²) in [6, 6.07) is 29.6. The molecule has 0 aliphatic carbocycles. The number of rotatable bonds is 3. The van der Waals surface area contributed by atoms with Crippen molar-refractivity contribution >= 4 is 23.8 Å². The summed E-state index contributed by atoms with van der Waals surface area (Å²) in [5.41, 5.74) is -0.0569. The van der Waals surface area contributed by atoms with Gasteiger partial charge in [-0.3, -0.25) is 0 Å². The molecule has 0 spiro atoms. The second kappa shape index (κ2) is 7.66. The van der Waals surface area contributed by atoms with E-state index in [1.807, 2.05) is 24.3 Å². The predicted molar refractivity (Wildman–Crippen MR) is 108 cm³/mol. The van der Waals surface area contributed by atoms with Crippen molar-refractivity contribution < 1.29 is 5.11 Å². The molecule has 1 N–H and O–H groups in total. The third kappa shape index (κ3) is 4.80. The largest absolute Gasteiger partial charge is 0.378 e. The SMILES string of the molecule is CC(C)(O)C#Cc1cccc(P(c2ccccc2)c2ccccc2)c1. The summed E-state index contributed by atoms with van der Waals surface area (Å²) >= 11 is 0. The second-order valence-corrected chi connectivity index (χ2v) is 8.59. The van der Waals surface area contributed by atoms with Crippen molar-refractivity contribution in [2.24, 2.45) is 0 Å². The summed E-state index contributed by atoms with van der Waals surface area (Å²) in [6.45, 7) is 3.40. The standard InChI is InChI=1S/C23H21OP/c1-23(2,24)17-16-19-10-9-15-22(18-19)25(20-11-5-3-6-12-20)21-13-7-4-8-14-21/h3-15,18,24H,1-2H3. The smallest absolute Gasteiger partial charge is 0.120 e. The van der Waals surface area contributed by atoms with E-state index in [1.54, 1.807) is 13.8 Å². The molecule has 25 heavy (non-hydrogen) atoms. The molecule has 1 nitrogen and oxygen atoms in total. The Morgan fingerprint density at radius 2 is 1.24 bits per heavy atom. The Kier molecular flexibility index (Phi) is 5.34. The van der Waals surface area contributed by atoms with E-state index in [0.29, 0.717) is 0 Å². The van der Waals surface area contributed by atoms with Crippen LogP contribution < -0.4 is 15.9 Å². The topological polar surface area (TPSA) is 20.2 Å². The van der Waals surface area contributed by atoms with Crippen LogP contribution in [0.25, 0.3) is 0 Å². The molecule has 0 radical (unpaired) electrons. The van der Waals surface area contributed by atoms with Gasteiger partial charge in [0.2, 0.25) is 0 Å². The summed E-state index contributed by atoms with van der Waals surface area (Å²) in [4.78, 5) is 0. The summed E-state index contributed by atoms with van der Waals surface area (Å²) < 4.78 is 0. The van der Waals surface area contributed by atoms with Crippen LogP contribution in [-0.4, -0.2) is 10.7 Å². The van der Waals surface area contributed by atoms with Crippen LogP contribution >= 0.6 is 7.92 Å². The molecule has 2 heteroatoms. The maximum Gasteiger partial charge on any atom is 0.120 e. The highest BCUT2D eigenvalue weighted by molar-refractivity contribution is 7.79. The lowest BCUT2D eigenvalue weighted by atomic mass is 10.1. The van der Waals surface area contributed by atoms with E-state index in [-0.39, 0.29) is 0 Å². The molecule has 0 aliphatic heterocycles. The van der Waals surface area contributed by atoms with Crippen LogP contribution in [0.3, 0.4) is 0 Å². The molecule has 0 aromatic heterocycles. The molecule has 0 fully saturated rings. The fraction of sp³-hybridized carbons (Fsp3) is 0.130. The first-order chi connectivity index (χ1) is 12.0. The van der Waals surface area contributed by atoms with Gasteiger partial charge in [0.1, 0.15) is 5.60 Å². The van der Waals surface area contributed by atoms with Crippen LogP contribution in [0, 0.1) is 11.8 Å². The van der Waals surface area contributed by atoms with Gasteiger partial charge in [-0.15, -0.1) is 0 Å². The van der Waals surface area contributed by atoms with E-state index in [1.165, 1.54) is 15.9 Å². The molecule has 0 saturated heterocycles. The average molecular weight is 344 g/mol. The monoisotopic (exact) mass is 344 g/mol. The van der Waals surface area contributed by atoms with Crippen LogP contribution in [0.1, 0.15) is 19.4 Å².